The molecule has 0 saturated carbocycles. The third kappa shape index (κ3) is 4.01. The molecule has 6 nitrogen and oxygen atoms in total. The van der Waals surface area contributed by atoms with E-state index in [9.17, 15) is 9.59 Å². The van der Waals surface area contributed by atoms with Crippen molar-refractivity contribution in [1.29, 1.82) is 0 Å². The number of nitrogens with one attached hydrogen (secondary N) is 3. The number of carbonyl (C=O) groups excluding carboxylic acids is 2. The maximum atomic E-state index is 12.2. The molecule has 2 amide bonds. The van der Waals surface area contributed by atoms with Crippen LogP contribution in [0.5, 0.6) is 0 Å². The van der Waals surface area contributed by atoms with E-state index in [0.717, 1.165) is 0 Å². The van der Waals surface area contributed by atoms with Gasteiger partial charge in [0.15, 0.2) is 0 Å². The second kappa shape index (κ2) is 5.81. The van der Waals surface area contributed by atoms with E-state index in [4.69, 9.17) is 16.3 Å². The number of carbonyl (C=O) groups is 2. The largest absolute Gasteiger partial charge is 0.444 e. The molecule has 114 valence electrons. The third-order valence-corrected chi connectivity index (χ3v) is 3.08. The van der Waals surface area contributed by atoms with E-state index in [1.54, 1.807) is 39.0 Å². The van der Waals surface area contributed by atoms with E-state index in [1.807, 2.05) is 0 Å². The van der Waals surface area contributed by atoms with Gasteiger partial charge in [0, 0.05) is 6.54 Å². The first-order valence-corrected chi connectivity index (χ1v) is 6.97. The van der Waals surface area contributed by atoms with E-state index in [0.29, 0.717) is 16.4 Å². The summed E-state index contributed by atoms with van der Waals surface area (Å²) in [5, 5.41) is 8.76. The number of benzene rings is 1. The van der Waals surface area contributed by atoms with Gasteiger partial charge in [0.25, 0.3) is 0 Å². The van der Waals surface area contributed by atoms with Crippen molar-refractivity contribution in [2.75, 3.05) is 17.2 Å². The Kier molecular flexibility index (Phi) is 4.27. The number of amides is 2. The lowest BCUT2D eigenvalue weighted by Crippen LogP contribution is -2.48. The molecule has 1 aliphatic heterocycles. The summed E-state index contributed by atoms with van der Waals surface area (Å²) in [7, 11) is 0. The molecule has 0 fully saturated rings. The number of anilines is 2. The van der Waals surface area contributed by atoms with Gasteiger partial charge in [-0.3, -0.25) is 4.79 Å². The van der Waals surface area contributed by atoms with E-state index in [1.165, 1.54) is 0 Å². The number of para-hydroxylation sites is 1. The van der Waals surface area contributed by atoms with Gasteiger partial charge in [-0.1, -0.05) is 17.7 Å². The van der Waals surface area contributed by atoms with Crippen molar-refractivity contribution in [1.82, 2.24) is 5.32 Å². The van der Waals surface area contributed by atoms with Crippen LogP contribution in [0.4, 0.5) is 16.2 Å². The van der Waals surface area contributed by atoms with Crippen molar-refractivity contribution < 1.29 is 14.3 Å². The molecule has 1 aromatic rings. The maximum Gasteiger partial charge on any atom is 0.408 e. The van der Waals surface area contributed by atoms with Crippen LogP contribution in [-0.4, -0.2) is 30.2 Å². The molecule has 2 rings (SSSR count). The van der Waals surface area contributed by atoms with Crippen LogP contribution in [0, 0.1) is 0 Å². The first-order valence-electron chi connectivity index (χ1n) is 6.59. The van der Waals surface area contributed by atoms with E-state index >= 15 is 0 Å². The average molecular weight is 312 g/mol. The number of hydrogen-bond acceptors (Lipinski definition) is 4. The molecule has 1 atom stereocenters. The summed E-state index contributed by atoms with van der Waals surface area (Å²) >= 11 is 6.05. The van der Waals surface area contributed by atoms with Crippen LogP contribution < -0.4 is 16.0 Å². The second-order valence-corrected chi connectivity index (χ2v) is 6.14. The Morgan fingerprint density at radius 2 is 2.14 bits per heavy atom. The lowest BCUT2D eigenvalue weighted by atomic mass is 10.2. The second-order valence-electron chi connectivity index (χ2n) is 5.73. The van der Waals surface area contributed by atoms with Crippen molar-refractivity contribution in [3.63, 3.8) is 0 Å². The fourth-order valence-electron chi connectivity index (χ4n) is 1.88. The molecule has 0 radical (unpaired) electrons. The highest BCUT2D eigenvalue weighted by molar-refractivity contribution is 6.34. The molecule has 1 aliphatic rings. The van der Waals surface area contributed by atoms with Crippen LogP contribution in [-0.2, 0) is 9.53 Å². The minimum atomic E-state index is -0.747. The number of ether oxygens (including phenoxy) is 1. The predicted octanol–water partition coefficient (Wildman–Crippen LogP) is 2.60. The highest BCUT2D eigenvalue weighted by Gasteiger charge is 2.27. The van der Waals surface area contributed by atoms with Crippen LogP contribution in [0.2, 0.25) is 5.02 Å². The van der Waals surface area contributed by atoms with Crippen molar-refractivity contribution in [3.8, 4) is 0 Å². The minimum Gasteiger partial charge on any atom is -0.444 e. The van der Waals surface area contributed by atoms with Gasteiger partial charge in [-0.05, 0) is 32.9 Å². The van der Waals surface area contributed by atoms with Gasteiger partial charge in [-0.25, -0.2) is 4.79 Å². The molecule has 0 saturated heterocycles. The first-order chi connectivity index (χ1) is 9.76. The Morgan fingerprint density at radius 3 is 2.81 bits per heavy atom. The minimum absolute atomic E-state index is 0.248. The molecule has 0 bridgehead atoms. The summed E-state index contributed by atoms with van der Waals surface area (Å²) in [5.74, 6) is -0.347. The fraction of sp³-hybridized carbons (Fsp3) is 0.429. The van der Waals surface area contributed by atoms with Gasteiger partial charge in [-0.2, -0.15) is 0 Å². The Balaban J connectivity index is 2.07. The van der Waals surface area contributed by atoms with E-state index in [2.05, 4.69) is 16.0 Å². The lowest BCUT2D eigenvalue weighted by Gasteiger charge is -2.22. The molecule has 3 N–H and O–H groups in total. The number of alkyl carbamates (subject to hydrolysis) is 1. The standard InChI is InChI=1S/C14H18ClN3O3/c1-14(2,3)21-13(20)17-10-7-16-9-6-4-5-8(15)11(9)18-12(10)19/h4-6,10,16H,7H2,1-3H3,(H,17,20)(H,18,19). The zero-order valence-electron chi connectivity index (χ0n) is 12.1. The smallest absolute Gasteiger partial charge is 0.408 e. The normalized spacial score (nSPS) is 17.9. The summed E-state index contributed by atoms with van der Waals surface area (Å²) in [6.45, 7) is 5.52. The van der Waals surface area contributed by atoms with Gasteiger partial charge in [0.05, 0.1) is 16.4 Å². The Hall–Kier alpha value is -1.95. The first kappa shape index (κ1) is 15.4. The van der Waals surface area contributed by atoms with Crippen LogP contribution in [0.3, 0.4) is 0 Å². The fourth-order valence-corrected chi connectivity index (χ4v) is 2.10. The molecular formula is C14H18ClN3O3. The monoisotopic (exact) mass is 311 g/mol. The topological polar surface area (TPSA) is 79.5 Å². The van der Waals surface area contributed by atoms with Gasteiger partial charge >= 0.3 is 6.09 Å². The summed E-state index contributed by atoms with van der Waals surface area (Å²) in [6.07, 6.45) is -0.637. The van der Waals surface area contributed by atoms with Gasteiger partial charge in [0.2, 0.25) is 5.91 Å². The van der Waals surface area contributed by atoms with Gasteiger partial charge in [-0.15, -0.1) is 0 Å². The third-order valence-electron chi connectivity index (χ3n) is 2.77. The van der Waals surface area contributed by atoms with Crippen LogP contribution in [0.1, 0.15) is 20.8 Å². The molecule has 1 heterocycles. The van der Waals surface area contributed by atoms with Crippen molar-refractivity contribution >= 4 is 35.0 Å². The number of rotatable bonds is 1. The van der Waals surface area contributed by atoms with Gasteiger partial charge < -0.3 is 20.7 Å². The lowest BCUT2D eigenvalue weighted by molar-refractivity contribution is -0.117. The molecule has 0 aromatic heterocycles. The van der Waals surface area contributed by atoms with Crippen molar-refractivity contribution in [3.05, 3.63) is 23.2 Å². The molecular weight excluding hydrogens is 294 g/mol. The van der Waals surface area contributed by atoms with E-state index < -0.39 is 17.7 Å². The zero-order valence-corrected chi connectivity index (χ0v) is 12.9. The molecule has 7 heteroatoms. The summed E-state index contributed by atoms with van der Waals surface area (Å²) in [5.41, 5.74) is 0.604. The van der Waals surface area contributed by atoms with Crippen molar-refractivity contribution in [2.24, 2.45) is 0 Å². The quantitative estimate of drug-likeness (QED) is 0.745. The van der Waals surface area contributed by atoms with E-state index in [-0.39, 0.29) is 12.5 Å². The van der Waals surface area contributed by atoms with Crippen LogP contribution in [0.15, 0.2) is 18.2 Å². The zero-order chi connectivity index (χ0) is 15.6. The van der Waals surface area contributed by atoms with Crippen molar-refractivity contribution in [2.45, 2.75) is 32.4 Å². The van der Waals surface area contributed by atoms with Crippen LogP contribution in [0.25, 0.3) is 0 Å². The highest BCUT2D eigenvalue weighted by atomic mass is 35.5. The Labute approximate surface area is 128 Å². The number of fused-ring (bicyclic) bond motifs is 1. The molecule has 21 heavy (non-hydrogen) atoms. The predicted molar refractivity (Wildman–Crippen MR) is 81.7 cm³/mol. The summed E-state index contributed by atoms with van der Waals surface area (Å²) in [6, 6.07) is 4.52. The molecule has 0 spiro atoms. The van der Waals surface area contributed by atoms with Gasteiger partial charge in [0.1, 0.15) is 11.6 Å². The Morgan fingerprint density at radius 1 is 1.43 bits per heavy atom. The summed E-state index contributed by atoms with van der Waals surface area (Å²) in [4.78, 5) is 23.9. The maximum absolute atomic E-state index is 12.2. The van der Waals surface area contributed by atoms with Crippen LogP contribution >= 0.6 is 11.6 Å². The average Bonchev–Trinajstić information content (AvgIpc) is 2.49. The summed E-state index contributed by atoms with van der Waals surface area (Å²) < 4.78 is 5.15. The highest BCUT2D eigenvalue weighted by Crippen LogP contribution is 2.31. The number of halogens is 1. The number of hydrogen-bond donors (Lipinski definition) is 3. The molecule has 1 unspecified atom stereocenters. The molecule has 0 aliphatic carbocycles. The SMILES string of the molecule is CC(C)(C)OC(=O)NC1CNc2cccc(Cl)c2NC1=O. The Bertz CT molecular complexity index is 569. The molecule has 1 aromatic carbocycles.